The Morgan fingerprint density at radius 1 is 0.815 bits per heavy atom. The van der Waals surface area contributed by atoms with E-state index in [0.29, 0.717) is 12.1 Å². The Hall–Kier alpha value is -2.75. The second kappa shape index (κ2) is 7.47. The summed E-state index contributed by atoms with van der Waals surface area (Å²) in [4.78, 5) is 23.6. The minimum absolute atomic E-state index is 0.242. The molecule has 0 spiro atoms. The number of benzene rings is 2. The molecule has 2 N–H and O–H groups in total. The Morgan fingerprint density at radius 2 is 1.44 bits per heavy atom. The van der Waals surface area contributed by atoms with Gasteiger partial charge in [-0.2, -0.15) is 26.3 Å². The van der Waals surface area contributed by atoms with Gasteiger partial charge in [0, 0.05) is 10.7 Å². The predicted molar refractivity (Wildman–Crippen MR) is 85.2 cm³/mol. The highest BCUT2D eigenvalue weighted by Gasteiger charge is 2.35. The molecule has 0 heterocycles. The zero-order valence-corrected chi connectivity index (χ0v) is 13.8. The first-order valence-electron chi connectivity index (χ1n) is 7.04. The third-order valence-electron chi connectivity index (χ3n) is 3.19. The van der Waals surface area contributed by atoms with Gasteiger partial charge in [-0.1, -0.05) is 17.7 Å². The van der Waals surface area contributed by atoms with Crippen molar-refractivity contribution in [2.45, 2.75) is 12.4 Å². The summed E-state index contributed by atoms with van der Waals surface area (Å²) in [5.41, 5.74) is -3.43. The quantitative estimate of drug-likeness (QED) is 0.543. The Bertz CT molecular complexity index is 880. The predicted octanol–water partition coefficient (Wildman–Crippen LogP) is 4.95. The van der Waals surface area contributed by atoms with E-state index in [-0.39, 0.29) is 10.7 Å². The second-order valence-electron chi connectivity index (χ2n) is 5.17. The van der Waals surface area contributed by atoms with Crippen LogP contribution >= 0.6 is 11.6 Å². The Morgan fingerprint density at radius 3 is 2.04 bits per heavy atom. The number of anilines is 2. The van der Waals surface area contributed by atoms with Crippen molar-refractivity contribution in [2.24, 2.45) is 0 Å². The Balaban J connectivity index is 2.17. The van der Waals surface area contributed by atoms with E-state index >= 15 is 0 Å². The van der Waals surface area contributed by atoms with E-state index in [2.05, 4.69) is 0 Å². The third kappa shape index (κ3) is 5.36. The number of hydrogen-bond acceptors (Lipinski definition) is 2. The van der Waals surface area contributed by atoms with E-state index in [9.17, 15) is 35.9 Å². The van der Waals surface area contributed by atoms with Crippen molar-refractivity contribution in [3.8, 4) is 0 Å². The van der Waals surface area contributed by atoms with Crippen LogP contribution in [0.4, 0.5) is 37.7 Å². The normalized spacial score (nSPS) is 11.8. The van der Waals surface area contributed by atoms with Gasteiger partial charge in [-0.25, -0.2) is 0 Å². The van der Waals surface area contributed by atoms with Crippen LogP contribution in [0.3, 0.4) is 0 Å². The molecule has 4 nitrogen and oxygen atoms in total. The van der Waals surface area contributed by atoms with Crippen LogP contribution in [0.1, 0.15) is 11.1 Å². The van der Waals surface area contributed by atoms with Crippen LogP contribution in [0.15, 0.2) is 42.5 Å². The lowest BCUT2D eigenvalue weighted by molar-refractivity contribution is -0.138. The molecule has 0 aliphatic rings. The standard InChI is InChI=1S/C16H9ClF6N2O2/c17-9-4-5-12(11(7-9)16(21,22)23)25-14(27)13(26)24-10-3-1-2-8(6-10)15(18,19)20/h1-7H,(H,24,26)(H,25,27). The van der Waals surface area contributed by atoms with Gasteiger partial charge in [-0.3, -0.25) is 9.59 Å². The van der Waals surface area contributed by atoms with E-state index in [0.717, 1.165) is 30.3 Å². The minimum atomic E-state index is -4.86. The van der Waals surface area contributed by atoms with Crippen molar-refractivity contribution in [1.82, 2.24) is 0 Å². The van der Waals surface area contributed by atoms with Gasteiger partial charge in [0.1, 0.15) is 0 Å². The largest absolute Gasteiger partial charge is 0.418 e. The van der Waals surface area contributed by atoms with E-state index in [1.165, 1.54) is 0 Å². The fourth-order valence-corrected chi connectivity index (χ4v) is 2.17. The van der Waals surface area contributed by atoms with Crippen LogP contribution in [-0.2, 0) is 21.9 Å². The molecule has 0 saturated carbocycles. The smallest absolute Gasteiger partial charge is 0.318 e. The van der Waals surface area contributed by atoms with Gasteiger partial charge in [0.05, 0.1) is 16.8 Å². The number of alkyl halides is 6. The molecule has 0 fully saturated rings. The maximum absolute atomic E-state index is 13.0. The summed E-state index contributed by atoms with van der Waals surface area (Å²) in [5, 5.41) is 3.40. The number of nitrogens with one attached hydrogen (secondary N) is 2. The number of carbonyl (C=O) groups excluding carboxylic acids is 2. The van der Waals surface area contributed by atoms with E-state index in [1.807, 2.05) is 5.32 Å². The van der Waals surface area contributed by atoms with E-state index < -0.39 is 41.0 Å². The molecule has 0 aliphatic heterocycles. The molecule has 0 unspecified atom stereocenters. The summed E-state index contributed by atoms with van der Waals surface area (Å²) in [6, 6.07) is 5.88. The highest BCUT2D eigenvalue weighted by molar-refractivity contribution is 6.43. The summed E-state index contributed by atoms with van der Waals surface area (Å²) < 4.78 is 76.8. The summed E-state index contributed by atoms with van der Waals surface area (Å²) >= 11 is 5.50. The fourth-order valence-electron chi connectivity index (χ4n) is 2.00. The van der Waals surface area contributed by atoms with E-state index in [1.54, 1.807) is 5.32 Å². The van der Waals surface area contributed by atoms with Gasteiger partial charge in [-0.05, 0) is 36.4 Å². The molecule has 0 atom stereocenters. The Kier molecular flexibility index (Phi) is 5.69. The van der Waals surface area contributed by atoms with Crippen LogP contribution in [0.2, 0.25) is 5.02 Å². The van der Waals surface area contributed by atoms with Crippen LogP contribution < -0.4 is 10.6 Å². The lowest BCUT2D eigenvalue weighted by Gasteiger charge is -2.14. The summed E-state index contributed by atoms with van der Waals surface area (Å²) in [7, 11) is 0. The number of hydrogen-bond donors (Lipinski definition) is 2. The highest BCUT2D eigenvalue weighted by Crippen LogP contribution is 2.36. The molecular formula is C16H9ClF6N2O2. The number of amides is 2. The number of rotatable bonds is 2. The van der Waals surface area contributed by atoms with Crippen LogP contribution in [0.5, 0.6) is 0 Å². The minimum Gasteiger partial charge on any atom is -0.318 e. The molecular weight excluding hydrogens is 402 g/mol. The zero-order chi connectivity index (χ0) is 20.4. The number of carbonyl (C=O) groups is 2. The maximum Gasteiger partial charge on any atom is 0.418 e. The van der Waals surface area contributed by atoms with Crippen molar-refractivity contribution >= 4 is 34.8 Å². The highest BCUT2D eigenvalue weighted by atomic mass is 35.5. The van der Waals surface area contributed by atoms with Crippen LogP contribution in [0.25, 0.3) is 0 Å². The summed E-state index contributed by atoms with van der Waals surface area (Å²) in [5.74, 6) is -2.95. The molecule has 11 heteroatoms. The maximum atomic E-state index is 13.0. The van der Waals surface area contributed by atoms with Gasteiger partial charge in [0.15, 0.2) is 0 Å². The molecule has 2 aromatic carbocycles. The van der Waals surface area contributed by atoms with Crippen molar-refractivity contribution in [1.29, 1.82) is 0 Å². The first kappa shape index (κ1) is 20.6. The van der Waals surface area contributed by atoms with Crippen molar-refractivity contribution < 1.29 is 35.9 Å². The Labute approximate surface area is 153 Å². The van der Waals surface area contributed by atoms with Gasteiger partial charge < -0.3 is 10.6 Å². The second-order valence-corrected chi connectivity index (χ2v) is 5.61. The van der Waals surface area contributed by atoms with Crippen molar-refractivity contribution in [3.05, 3.63) is 58.6 Å². The average Bonchev–Trinajstić information content (AvgIpc) is 2.55. The topological polar surface area (TPSA) is 58.2 Å². The molecule has 0 aliphatic carbocycles. The summed E-state index contributed by atoms with van der Waals surface area (Å²) in [6.45, 7) is 0. The van der Waals surface area contributed by atoms with Crippen LogP contribution in [-0.4, -0.2) is 11.8 Å². The number of halogens is 7. The van der Waals surface area contributed by atoms with Gasteiger partial charge >= 0.3 is 24.2 Å². The van der Waals surface area contributed by atoms with Crippen molar-refractivity contribution in [2.75, 3.05) is 10.6 Å². The average molecular weight is 411 g/mol. The third-order valence-corrected chi connectivity index (χ3v) is 3.42. The lowest BCUT2D eigenvalue weighted by Crippen LogP contribution is -2.30. The van der Waals surface area contributed by atoms with Gasteiger partial charge in [0.2, 0.25) is 0 Å². The molecule has 0 saturated heterocycles. The molecule has 27 heavy (non-hydrogen) atoms. The summed E-state index contributed by atoms with van der Waals surface area (Å²) in [6.07, 6.45) is -9.53. The molecule has 0 aromatic heterocycles. The van der Waals surface area contributed by atoms with Crippen LogP contribution in [0, 0.1) is 0 Å². The SMILES string of the molecule is O=C(Nc1cccc(C(F)(F)F)c1)C(=O)Nc1ccc(Cl)cc1C(F)(F)F. The zero-order valence-electron chi connectivity index (χ0n) is 13.0. The first-order chi connectivity index (χ1) is 12.4. The molecule has 0 bridgehead atoms. The van der Waals surface area contributed by atoms with E-state index in [4.69, 9.17) is 11.6 Å². The molecule has 144 valence electrons. The monoisotopic (exact) mass is 410 g/mol. The molecule has 0 radical (unpaired) electrons. The lowest BCUT2D eigenvalue weighted by atomic mass is 10.1. The molecule has 2 aromatic rings. The molecule has 2 rings (SSSR count). The van der Waals surface area contributed by atoms with Crippen molar-refractivity contribution in [3.63, 3.8) is 0 Å². The fraction of sp³-hybridized carbons (Fsp3) is 0.125. The van der Waals surface area contributed by atoms with Gasteiger partial charge in [-0.15, -0.1) is 0 Å². The first-order valence-corrected chi connectivity index (χ1v) is 7.42. The molecule has 2 amide bonds. The van der Waals surface area contributed by atoms with Gasteiger partial charge in [0.25, 0.3) is 0 Å².